The molecule has 0 aromatic carbocycles. The van der Waals surface area contributed by atoms with Crippen LogP contribution in [-0.4, -0.2) is 45.7 Å². The highest BCUT2D eigenvalue weighted by Crippen LogP contribution is 1.98. The quantitative estimate of drug-likeness (QED) is 0.588. The summed E-state index contributed by atoms with van der Waals surface area (Å²) >= 11 is 0. The highest BCUT2D eigenvalue weighted by Gasteiger charge is 2.02. The molecule has 0 heterocycles. The van der Waals surface area contributed by atoms with Crippen LogP contribution in [0.5, 0.6) is 0 Å². The fourth-order valence-electron chi connectivity index (χ4n) is 1.16. The number of hydrogen-bond acceptors (Lipinski definition) is 4. The third-order valence-electron chi connectivity index (χ3n) is 2.28. The van der Waals surface area contributed by atoms with E-state index in [4.69, 9.17) is 14.2 Å². The standard InChI is InChI=1S/C14H29NO4/c1-12(2)5-7-17-9-10-18-8-6-15-14(16)19-11-13(3)4/h12-13H,5-11H2,1-4H3,(H,15,16). The van der Waals surface area contributed by atoms with Crippen molar-refractivity contribution < 1.29 is 19.0 Å². The van der Waals surface area contributed by atoms with E-state index in [1.165, 1.54) is 0 Å². The van der Waals surface area contributed by atoms with Crippen molar-refractivity contribution in [2.24, 2.45) is 11.8 Å². The lowest BCUT2D eigenvalue weighted by Crippen LogP contribution is -2.29. The largest absolute Gasteiger partial charge is 0.449 e. The van der Waals surface area contributed by atoms with Crippen molar-refractivity contribution in [3.63, 3.8) is 0 Å². The Bertz CT molecular complexity index is 219. The van der Waals surface area contributed by atoms with Gasteiger partial charge in [0, 0.05) is 13.2 Å². The molecule has 1 amide bonds. The minimum Gasteiger partial charge on any atom is -0.449 e. The molecule has 114 valence electrons. The van der Waals surface area contributed by atoms with E-state index in [1.54, 1.807) is 0 Å². The fourth-order valence-corrected chi connectivity index (χ4v) is 1.16. The van der Waals surface area contributed by atoms with Crippen molar-refractivity contribution in [2.45, 2.75) is 34.1 Å². The number of amides is 1. The zero-order chi connectivity index (χ0) is 14.5. The molecule has 0 fully saturated rings. The number of alkyl carbamates (subject to hydrolysis) is 1. The molecule has 0 rings (SSSR count). The SMILES string of the molecule is CC(C)CCOCCOCCNC(=O)OCC(C)C. The molecule has 0 bridgehead atoms. The first-order valence-corrected chi connectivity index (χ1v) is 7.08. The number of nitrogens with one attached hydrogen (secondary N) is 1. The summed E-state index contributed by atoms with van der Waals surface area (Å²) in [7, 11) is 0. The Hall–Kier alpha value is -0.810. The Kier molecular flexibility index (Phi) is 11.7. The van der Waals surface area contributed by atoms with Crippen LogP contribution in [0.1, 0.15) is 34.1 Å². The molecule has 0 saturated carbocycles. The number of carbonyl (C=O) groups is 1. The van der Waals surface area contributed by atoms with Gasteiger partial charge in [-0.3, -0.25) is 0 Å². The molecule has 0 atom stereocenters. The maximum atomic E-state index is 11.2. The van der Waals surface area contributed by atoms with Gasteiger partial charge in [0.15, 0.2) is 0 Å². The molecular weight excluding hydrogens is 246 g/mol. The van der Waals surface area contributed by atoms with E-state index in [1.807, 2.05) is 13.8 Å². The zero-order valence-electron chi connectivity index (χ0n) is 12.7. The van der Waals surface area contributed by atoms with Crippen LogP contribution >= 0.6 is 0 Å². The van der Waals surface area contributed by atoms with E-state index < -0.39 is 0 Å². The monoisotopic (exact) mass is 275 g/mol. The van der Waals surface area contributed by atoms with Crippen LogP contribution in [0, 0.1) is 11.8 Å². The highest BCUT2D eigenvalue weighted by molar-refractivity contribution is 5.67. The van der Waals surface area contributed by atoms with Gasteiger partial charge >= 0.3 is 6.09 Å². The molecule has 0 aliphatic carbocycles. The summed E-state index contributed by atoms with van der Waals surface area (Å²) in [4.78, 5) is 11.2. The summed E-state index contributed by atoms with van der Waals surface area (Å²) in [5.41, 5.74) is 0. The average Bonchev–Trinajstić information content (AvgIpc) is 2.34. The van der Waals surface area contributed by atoms with Crippen LogP contribution < -0.4 is 5.32 Å². The Labute approximate surface area is 117 Å². The van der Waals surface area contributed by atoms with Crippen LogP contribution in [-0.2, 0) is 14.2 Å². The summed E-state index contributed by atoms with van der Waals surface area (Å²) in [6.45, 7) is 11.6. The summed E-state index contributed by atoms with van der Waals surface area (Å²) in [5.74, 6) is 1.02. The lowest BCUT2D eigenvalue weighted by molar-refractivity contribution is 0.0444. The van der Waals surface area contributed by atoms with E-state index >= 15 is 0 Å². The maximum Gasteiger partial charge on any atom is 0.407 e. The fraction of sp³-hybridized carbons (Fsp3) is 0.929. The molecule has 1 N–H and O–H groups in total. The lowest BCUT2D eigenvalue weighted by atomic mass is 10.1. The molecule has 19 heavy (non-hydrogen) atoms. The first kappa shape index (κ1) is 18.2. The molecule has 0 aromatic heterocycles. The van der Waals surface area contributed by atoms with E-state index in [9.17, 15) is 4.79 Å². The Morgan fingerprint density at radius 1 is 0.947 bits per heavy atom. The van der Waals surface area contributed by atoms with Gasteiger partial charge in [-0.15, -0.1) is 0 Å². The Balaban J connectivity index is 3.16. The predicted molar refractivity (Wildman–Crippen MR) is 75.3 cm³/mol. The molecule has 0 aromatic rings. The van der Waals surface area contributed by atoms with E-state index in [0.29, 0.717) is 44.8 Å². The molecule has 0 aliphatic rings. The Morgan fingerprint density at radius 3 is 2.16 bits per heavy atom. The molecular formula is C14H29NO4. The van der Waals surface area contributed by atoms with Crippen LogP contribution in [0.3, 0.4) is 0 Å². The van der Waals surface area contributed by atoms with Gasteiger partial charge in [-0.2, -0.15) is 0 Å². The molecule has 0 radical (unpaired) electrons. The van der Waals surface area contributed by atoms with Crippen molar-refractivity contribution in [1.82, 2.24) is 5.32 Å². The maximum absolute atomic E-state index is 11.2. The summed E-state index contributed by atoms with van der Waals surface area (Å²) in [6.07, 6.45) is 0.689. The number of rotatable bonds is 11. The van der Waals surface area contributed by atoms with Crippen LogP contribution in [0.4, 0.5) is 4.79 Å². The van der Waals surface area contributed by atoms with Crippen molar-refractivity contribution in [3.05, 3.63) is 0 Å². The normalized spacial score (nSPS) is 11.1. The zero-order valence-corrected chi connectivity index (χ0v) is 12.7. The summed E-state index contributed by atoms with van der Waals surface area (Å²) in [5, 5.41) is 2.63. The van der Waals surface area contributed by atoms with Crippen LogP contribution in [0.2, 0.25) is 0 Å². The van der Waals surface area contributed by atoms with Gasteiger partial charge in [-0.25, -0.2) is 4.79 Å². The van der Waals surface area contributed by atoms with Gasteiger partial charge in [0.25, 0.3) is 0 Å². The molecule has 0 aliphatic heterocycles. The summed E-state index contributed by atoms with van der Waals surface area (Å²) < 4.78 is 15.7. The lowest BCUT2D eigenvalue weighted by Gasteiger charge is -2.09. The van der Waals surface area contributed by atoms with Crippen LogP contribution in [0.25, 0.3) is 0 Å². The number of carbonyl (C=O) groups excluding carboxylic acids is 1. The number of ether oxygens (including phenoxy) is 3. The van der Waals surface area contributed by atoms with Gasteiger partial charge in [-0.1, -0.05) is 27.7 Å². The highest BCUT2D eigenvalue weighted by atomic mass is 16.5. The van der Waals surface area contributed by atoms with Gasteiger partial charge in [0.05, 0.1) is 26.4 Å². The van der Waals surface area contributed by atoms with Gasteiger partial charge < -0.3 is 19.5 Å². The van der Waals surface area contributed by atoms with Gasteiger partial charge in [0.1, 0.15) is 0 Å². The van der Waals surface area contributed by atoms with Gasteiger partial charge in [-0.05, 0) is 18.3 Å². The molecule has 5 nitrogen and oxygen atoms in total. The second-order valence-electron chi connectivity index (χ2n) is 5.33. The van der Waals surface area contributed by atoms with Gasteiger partial charge in [0.2, 0.25) is 0 Å². The third kappa shape index (κ3) is 15.1. The first-order valence-electron chi connectivity index (χ1n) is 7.08. The third-order valence-corrected chi connectivity index (χ3v) is 2.28. The topological polar surface area (TPSA) is 56.8 Å². The second-order valence-corrected chi connectivity index (χ2v) is 5.33. The minimum atomic E-state index is -0.384. The average molecular weight is 275 g/mol. The molecule has 0 spiro atoms. The van der Waals surface area contributed by atoms with Crippen molar-refractivity contribution in [2.75, 3.05) is 39.6 Å². The minimum absolute atomic E-state index is 0.352. The predicted octanol–water partition coefficient (Wildman–Crippen LogP) is 2.45. The molecule has 0 saturated heterocycles. The smallest absolute Gasteiger partial charge is 0.407 e. The molecule has 0 unspecified atom stereocenters. The van der Waals surface area contributed by atoms with E-state index in [-0.39, 0.29) is 6.09 Å². The van der Waals surface area contributed by atoms with Crippen molar-refractivity contribution in [1.29, 1.82) is 0 Å². The van der Waals surface area contributed by atoms with E-state index in [0.717, 1.165) is 13.0 Å². The summed E-state index contributed by atoms with van der Waals surface area (Å²) in [6, 6.07) is 0. The second kappa shape index (κ2) is 12.2. The number of hydrogen-bond donors (Lipinski definition) is 1. The first-order chi connectivity index (χ1) is 9.02. The van der Waals surface area contributed by atoms with Crippen molar-refractivity contribution in [3.8, 4) is 0 Å². The molecule has 5 heteroatoms. The van der Waals surface area contributed by atoms with Crippen LogP contribution in [0.15, 0.2) is 0 Å². The van der Waals surface area contributed by atoms with Crippen molar-refractivity contribution >= 4 is 6.09 Å². The Morgan fingerprint density at radius 2 is 1.58 bits per heavy atom. The van der Waals surface area contributed by atoms with E-state index in [2.05, 4.69) is 19.2 Å².